The number of aliphatic imine (C=N–C) groups is 2. The van der Waals surface area contributed by atoms with Crippen LogP contribution in [0, 0.1) is 0 Å². The van der Waals surface area contributed by atoms with E-state index in [1.807, 2.05) is 85.5 Å². The largest absolute Gasteiger partial charge is 0.343 e. The number of carbonyl (C=O) groups excluding carboxylic acids is 4. The maximum atomic E-state index is 12.1. The van der Waals surface area contributed by atoms with Crippen molar-refractivity contribution in [3.8, 4) is 0 Å². The molecule has 10 nitrogen and oxygen atoms in total. The molecule has 0 aromatic heterocycles. The highest BCUT2D eigenvalue weighted by atomic mass is 16.7. The van der Waals surface area contributed by atoms with Crippen LogP contribution in [0.5, 0.6) is 0 Å². The maximum absolute atomic E-state index is 12.1. The SMILES string of the molecule is CCN=C(CC(=O)NOC(=O)CC(=O)ONC(=O)CC(=NCC)c1ccccc1)c1ccccc1. The van der Waals surface area contributed by atoms with Crippen molar-refractivity contribution in [1.82, 2.24) is 11.0 Å². The number of hydroxylamine groups is 2. The standard InChI is InChI=1S/C25H28N4O6/c1-3-26-20(18-11-7-5-8-12-18)15-22(30)28-34-24(32)17-25(33)35-29-23(31)16-21(27-4-2)19-13-9-6-10-14-19/h5-14H,3-4,15-17H2,1-2H3,(H,28,30)(H,29,31). The number of amides is 2. The smallest absolute Gasteiger partial charge is 0.340 e. The van der Waals surface area contributed by atoms with Crippen molar-refractivity contribution in [1.29, 1.82) is 0 Å². The van der Waals surface area contributed by atoms with Crippen LogP contribution >= 0.6 is 0 Å². The summed E-state index contributed by atoms with van der Waals surface area (Å²) in [4.78, 5) is 65.8. The molecule has 2 amide bonds. The second kappa shape index (κ2) is 14.7. The van der Waals surface area contributed by atoms with E-state index >= 15 is 0 Å². The molecule has 184 valence electrons. The Bertz CT molecular complexity index is 982. The zero-order valence-electron chi connectivity index (χ0n) is 19.7. The van der Waals surface area contributed by atoms with E-state index in [-0.39, 0.29) is 12.8 Å². The molecule has 0 saturated carbocycles. The zero-order valence-corrected chi connectivity index (χ0v) is 19.7. The number of rotatable bonds is 10. The van der Waals surface area contributed by atoms with E-state index < -0.39 is 30.2 Å². The fraction of sp³-hybridized carbons (Fsp3) is 0.280. The minimum atomic E-state index is -1.05. The molecule has 0 spiro atoms. The summed E-state index contributed by atoms with van der Waals surface area (Å²) in [5.74, 6) is -3.33. The predicted octanol–water partition coefficient (Wildman–Crippen LogP) is 2.32. The molecule has 2 aromatic carbocycles. The van der Waals surface area contributed by atoms with Crippen molar-refractivity contribution in [3.63, 3.8) is 0 Å². The summed E-state index contributed by atoms with van der Waals surface area (Å²) >= 11 is 0. The molecule has 0 aliphatic rings. The van der Waals surface area contributed by atoms with E-state index in [9.17, 15) is 19.2 Å². The minimum Gasteiger partial charge on any atom is -0.340 e. The van der Waals surface area contributed by atoms with Crippen LogP contribution in [0.4, 0.5) is 0 Å². The highest BCUT2D eigenvalue weighted by molar-refractivity contribution is 6.11. The average molecular weight is 481 g/mol. The lowest BCUT2D eigenvalue weighted by atomic mass is 10.1. The fourth-order valence-corrected chi connectivity index (χ4v) is 2.94. The third-order valence-electron chi connectivity index (χ3n) is 4.41. The number of benzene rings is 2. The summed E-state index contributed by atoms with van der Waals surface area (Å²) in [6.07, 6.45) is -1.05. The van der Waals surface area contributed by atoms with Gasteiger partial charge in [-0.15, -0.1) is 0 Å². The number of nitrogens with one attached hydrogen (secondary N) is 2. The number of nitrogens with zero attached hydrogens (tertiary/aromatic N) is 2. The van der Waals surface area contributed by atoms with E-state index in [4.69, 9.17) is 0 Å². The normalized spacial score (nSPS) is 11.4. The molecule has 2 N–H and O–H groups in total. The van der Waals surface area contributed by atoms with Crippen molar-refractivity contribution >= 4 is 35.2 Å². The Kier molecular flexibility index (Phi) is 11.3. The minimum absolute atomic E-state index is 0.116. The molecule has 0 aliphatic carbocycles. The molecule has 0 unspecified atom stereocenters. The quantitative estimate of drug-likeness (QED) is 0.304. The molecule has 35 heavy (non-hydrogen) atoms. The fourth-order valence-electron chi connectivity index (χ4n) is 2.94. The van der Waals surface area contributed by atoms with Crippen molar-refractivity contribution in [2.45, 2.75) is 33.1 Å². The van der Waals surface area contributed by atoms with Gasteiger partial charge in [0.05, 0.1) is 24.3 Å². The van der Waals surface area contributed by atoms with E-state index in [0.29, 0.717) is 24.5 Å². The van der Waals surface area contributed by atoms with Crippen LogP contribution in [0.15, 0.2) is 70.6 Å². The molecule has 0 aliphatic heterocycles. The van der Waals surface area contributed by atoms with Gasteiger partial charge >= 0.3 is 11.9 Å². The van der Waals surface area contributed by atoms with Crippen LogP contribution in [0.2, 0.25) is 0 Å². The van der Waals surface area contributed by atoms with Gasteiger partial charge in [-0.2, -0.15) is 11.0 Å². The van der Waals surface area contributed by atoms with Gasteiger partial charge in [0.1, 0.15) is 6.42 Å². The lowest BCUT2D eigenvalue weighted by Gasteiger charge is -2.09. The summed E-state index contributed by atoms with van der Waals surface area (Å²) in [5, 5.41) is 0. The van der Waals surface area contributed by atoms with Gasteiger partial charge in [-0.3, -0.25) is 19.6 Å². The molecule has 0 radical (unpaired) electrons. The van der Waals surface area contributed by atoms with Gasteiger partial charge in [0, 0.05) is 13.1 Å². The van der Waals surface area contributed by atoms with Crippen LogP contribution < -0.4 is 11.0 Å². The molecule has 2 aromatic rings. The van der Waals surface area contributed by atoms with Gasteiger partial charge in [0.15, 0.2) is 0 Å². The van der Waals surface area contributed by atoms with Crippen molar-refractivity contribution in [3.05, 3.63) is 71.8 Å². The Morgan fingerprint density at radius 2 is 1.00 bits per heavy atom. The molecule has 10 heteroatoms. The van der Waals surface area contributed by atoms with Gasteiger partial charge in [-0.1, -0.05) is 60.7 Å². The Hall–Kier alpha value is -4.34. The molecule has 2 rings (SSSR count). The molecule has 0 bridgehead atoms. The highest BCUT2D eigenvalue weighted by Gasteiger charge is 2.17. The molecule has 0 heterocycles. The monoisotopic (exact) mass is 480 g/mol. The predicted molar refractivity (Wildman–Crippen MR) is 129 cm³/mol. The Labute approximate surface area is 203 Å². The summed E-state index contributed by atoms with van der Waals surface area (Å²) in [6, 6.07) is 18.2. The lowest BCUT2D eigenvalue weighted by molar-refractivity contribution is -0.168. The van der Waals surface area contributed by atoms with E-state index in [0.717, 1.165) is 11.1 Å². The molecular formula is C25H28N4O6. The van der Waals surface area contributed by atoms with Gasteiger partial charge in [0.2, 0.25) is 0 Å². The van der Waals surface area contributed by atoms with Gasteiger partial charge in [-0.05, 0) is 25.0 Å². The molecule has 0 atom stereocenters. The number of hydrogen-bond acceptors (Lipinski definition) is 8. The first-order valence-corrected chi connectivity index (χ1v) is 11.1. The van der Waals surface area contributed by atoms with Crippen LogP contribution in [-0.2, 0) is 28.9 Å². The Morgan fingerprint density at radius 3 is 1.34 bits per heavy atom. The van der Waals surface area contributed by atoms with Gasteiger partial charge < -0.3 is 9.68 Å². The van der Waals surface area contributed by atoms with Crippen LogP contribution in [0.25, 0.3) is 0 Å². The van der Waals surface area contributed by atoms with E-state index in [1.54, 1.807) is 0 Å². The third-order valence-corrected chi connectivity index (χ3v) is 4.41. The number of hydrogen-bond donors (Lipinski definition) is 2. The first kappa shape index (κ1) is 26.9. The molecule has 0 saturated heterocycles. The summed E-state index contributed by atoms with van der Waals surface area (Å²) in [7, 11) is 0. The van der Waals surface area contributed by atoms with E-state index in [2.05, 4.69) is 19.7 Å². The average Bonchev–Trinajstić information content (AvgIpc) is 2.87. The van der Waals surface area contributed by atoms with Gasteiger partial charge in [-0.25, -0.2) is 9.59 Å². The number of carbonyl (C=O) groups is 4. The first-order valence-electron chi connectivity index (χ1n) is 11.1. The van der Waals surface area contributed by atoms with Crippen LogP contribution in [0.1, 0.15) is 44.2 Å². The van der Waals surface area contributed by atoms with Crippen LogP contribution in [-0.4, -0.2) is 48.3 Å². The topological polar surface area (TPSA) is 136 Å². The Balaban J connectivity index is 1.75. The van der Waals surface area contributed by atoms with Crippen LogP contribution in [0.3, 0.4) is 0 Å². The lowest BCUT2D eigenvalue weighted by Crippen LogP contribution is -2.32. The summed E-state index contributed by atoms with van der Waals surface area (Å²) in [6.45, 7) is 4.63. The second-order valence-electron chi connectivity index (χ2n) is 7.10. The zero-order chi connectivity index (χ0) is 25.5. The Morgan fingerprint density at radius 1 is 0.629 bits per heavy atom. The first-order chi connectivity index (χ1) is 16.9. The summed E-state index contributed by atoms with van der Waals surface area (Å²) in [5.41, 5.74) is 6.59. The highest BCUT2D eigenvalue weighted by Crippen LogP contribution is 2.06. The van der Waals surface area contributed by atoms with Crippen molar-refractivity contribution in [2.24, 2.45) is 9.98 Å². The maximum Gasteiger partial charge on any atom is 0.343 e. The second-order valence-corrected chi connectivity index (χ2v) is 7.10. The molecular weight excluding hydrogens is 452 g/mol. The summed E-state index contributed by atoms with van der Waals surface area (Å²) < 4.78 is 0. The van der Waals surface area contributed by atoms with Gasteiger partial charge in [0.25, 0.3) is 11.8 Å². The third kappa shape index (κ3) is 9.99. The van der Waals surface area contributed by atoms with Crippen molar-refractivity contribution < 1.29 is 28.9 Å². The molecule has 0 fully saturated rings. The van der Waals surface area contributed by atoms with Crippen molar-refractivity contribution in [2.75, 3.05) is 13.1 Å². The van der Waals surface area contributed by atoms with E-state index in [1.165, 1.54) is 0 Å².